The van der Waals surface area contributed by atoms with Crippen molar-refractivity contribution in [2.75, 3.05) is 5.32 Å². The maximum Gasteiger partial charge on any atom is 0.255 e. The van der Waals surface area contributed by atoms with Crippen LogP contribution in [0, 0.1) is 13.8 Å². The van der Waals surface area contributed by atoms with Crippen LogP contribution in [0.15, 0.2) is 72.8 Å². The Morgan fingerprint density at radius 2 is 1.64 bits per heavy atom. The van der Waals surface area contributed by atoms with Crippen molar-refractivity contribution in [2.45, 2.75) is 27.0 Å². The number of aryl methyl sites for hydroxylation is 1. The topological polar surface area (TPSA) is 56.2 Å². The van der Waals surface area contributed by atoms with E-state index >= 15 is 0 Å². The fourth-order valence-electron chi connectivity index (χ4n) is 3.50. The number of ether oxygens (including phenoxy) is 1. The van der Waals surface area contributed by atoms with Crippen LogP contribution in [0.4, 0.5) is 5.69 Å². The van der Waals surface area contributed by atoms with Gasteiger partial charge in [-0.2, -0.15) is 5.10 Å². The summed E-state index contributed by atoms with van der Waals surface area (Å²) in [5.74, 6) is 0.510. The Hall–Kier alpha value is -3.28. The van der Waals surface area contributed by atoms with E-state index < -0.39 is 0 Å². The van der Waals surface area contributed by atoms with Crippen LogP contribution in [-0.2, 0) is 13.2 Å². The van der Waals surface area contributed by atoms with Gasteiger partial charge in [0.05, 0.1) is 23.6 Å². The lowest BCUT2D eigenvalue weighted by Crippen LogP contribution is -2.13. The summed E-state index contributed by atoms with van der Waals surface area (Å²) in [6, 6.07) is 22.2. The van der Waals surface area contributed by atoms with Crippen molar-refractivity contribution in [1.82, 2.24) is 9.78 Å². The molecule has 0 aliphatic heterocycles. The first-order valence-electron chi connectivity index (χ1n) is 10.5. The molecule has 0 aliphatic carbocycles. The zero-order chi connectivity index (χ0) is 23.4. The minimum absolute atomic E-state index is 0.189. The summed E-state index contributed by atoms with van der Waals surface area (Å²) in [7, 11) is 0. The van der Waals surface area contributed by atoms with Gasteiger partial charge in [-0.1, -0.05) is 53.5 Å². The van der Waals surface area contributed by atoms with Crippen molar-refractivity contribution in [2.24, 2.45) is 0 Å². The molecule has 0 fully saturated rings. The molecule has 1 aromatic heterocycles. The minimum Gasteiger partial charge on any atom is -0.489 e. The molecule has 0 spiro atoms. The van der Waals surface area contributed by atoms with Crippen LogP contribution < -0.4 is 10.1 Å². The van der Waals surface area contributed by atoms with Crippen molar-refractivity contribution < 1.29 is 9.53 Å². The van der Waals surface area contributed by atoms with Crippen molar-refractivity contribution in [3.8, 4) is 5.75 Å². The zero-order valence-corrected chi connectivity index (χ0v) is 19.8. The van der Waals surface area contributed by atoms with E-state index in [2.05, 4.69) is 10.4 Å². The van der Waals surface area contributed by atoms with Gasteiger partial charge in [-0.3, -0.25) is 9.48 Å². The van der Waals surface area contributed by atoms with Crippen LogP contribution in [0.25, 0.3) is 0 Å². The van der Waals surface area contributed by atoms with E-state index in [-0.39, 0.29) is 5.91 Å². The molecular formula is C26H23Cl2N3O2. The fraction of sp³-hybridized carbons (Fsp3) is 0.154. The second-order valence-electron chi connectivity index (χ2n) is 7.73. The number of hydrogen-bond donors (Lipinski definition) is 1. The van der Waals surface area contributed by atoms with Crippen molar-refractivity contribution >= 4 is 34.8 Å². The Labute approximate surface area is 202 Å². The van der Waals surface area contributed by atoms with Gasteiger partial charge in [0.15, 0.2) is 0 Å². The Balaban J connectivity index is 1.41. The molecule has 0 saturated carbocycles. The third-order valence-electron chi connectivity index (χ3n) is 5.26. The lowest BCUT2D eigenvalue weighted by Gasteiger charge is -2.09. The molecule has 3 aromatic carbocycles. The lowest BCUT2D eigenvalue weighted by molar-refractivity contribution is 0.102. The molecule has 0 radical (unpaired) electrons. The summed E-state index contributed by atoms with van der Waals surface area (Å²) < 4.78 is 7.62. The van der Waals surface area contributed by atoms with Crippen LogP contribution in [0.3, 0.4) is 0 Å². The second kappa shape index (κ2) is 10.1. The third kappa shape index (κ3) is 5.75. The summed E-state index contributed by atoms with van der Waals surface area (Å²) in [5.41, 5.74) is 4.91. The number of halogens is 2. The number of benzene rings is 3. The van der Waals surface area contributed by atoms with Crippen molar-refractivity contribution in [3.63, 3.8) is 0 Å². The van der Waals surface area contributed by atoms with Gasteiger partial charge in [-0.25, -0.2) is 0 Å². The molecule has 4 rings (SSSR count). The number of carbonyl (C=O) groups is 1. The quantitative estimate of drug-likeness (QED) is 0.321. The molecule has 1 N–H and O–H groups in total. The van der Waals surface area contributed by atoms with Gasteiger partial charge in [-0.05, 0) is 67.4 Å². The Bertz CT molecular complexity index is 1280. The number of anilines is 1. The first kappa shape index (κ1) is 22.9. The Kier molecular flexibility index (Phi) is 7.02. The molecule has 7 heteroatoms. The van der Waals surface area contributed by atoms with Crippen LogP contribution >= 0.6 is 23.2 Å². The number of nitrogens with zero attached hydrogens (tertiary/aromatic N) is 2. The molecule has 0 saturated heterocycles. The number of nitrogens with one attached hydrogen (secondary N) is 1. The smallest absolute Gasteiger partial charge is 0.255 e. The van der Waals surface area contributed by atoms with Crippen LogP contribution in [0.2, 0.25) is 10.0 Å². The number of hydrogen-bond acceptors (Lipinski definition) is 3. The van der Waals surface area contributed by atoms with E-state index in [1.165, 1.54) is 0 Å². The van der Waals surface area contributed by atoms with Gasteiger partial charge in [0.25, 0.3) is 5.91 Å². The average Bonchev–Trinajstić information content (AvgIpc) is 3.05. The van der Waals surface area contributed by atoms with Gasteiger partial charge >= 0.3 is 0 Å². The van der Waals surface area contributed by atoms with Gasteiger partial charge in [0.2, 0.25) is 0 Å². The minimum atomic E-state index is -0.189. The monoisotopic (exact) mass is 479 g/mol. The van der Waals surface area contributed by atoms with Gasteiger partial charge in [0, 0.05) is 15.6 Å². The molecule has 5 nitrogen and oxygen atoms in total. The second-order valence-corrected chi connectivity index (χ2v) is 8.60. The molecular weight excluding hydrogens is 457 g/mol. The van der Waals surface area contributed by atoms with E-state index in [9.17, 15) is 4.79 Å². The predicted molar refractivity (Wildman–Crippen MR) is 132 cm³/mol. The predicted octanol–water partition coefficient (Wildman–Crippen LogP) is 6.69. The van der Waals surface area contributed by atoms with Crippen LogP contribution in [0.1, 0.15) is 32.9 Å². The van der Waals surface area contributed by atoms with E-state index in [4.69, 9.17) is 27.9 Å². The molecule has 33 heavy (non-hydrogen) atoms. The molecule has 4 aromatic rings. The normalized spacial score (nSPS) is 10.8. The van der Waals surface area contributed by atoms with Crippen LogP contribution in [0.5, 0.6) is 5.75 Å². The molecule has 0 unspecified atom stereocenters. The molecule has 1 heterocycles. The number of aromatic nitrogens is 2. The summed E-state index contributed by atoms with van der Waals surface area (Å²) in [6.45, 7) is 4.78. The highest BCUT2D eigenvalue weighted by molar-refractivity contribution is 6.30. The maximum absolute atomic E-state index is 12.8. The Morgan fingerprint density at radius 1 is 0.939 bits per heavy atom. The van der Waals surface area contributed by atoms with E-state index in [1.54, 1.807) is 24.3 Å². The lowest BCUT2D eigenvalue weighted by atomic mass is 10.1. The zero-order valence-electron chi connectivity index (χ0n) is 18.3. The average molecular weight is 480 g/mol. The van der Waals surface area contributed by atoms with E-state index in [0.29, 0.717) is 34.5 Å². The van der Waals surface area contributed by atoms with Gasteiger partial charge in [-0.15, -0.1) is 0 Å². The molecule has 0 bridgehead atoms. The van der Waals surface area contributed by atoms with E-state index in [1.807, 2.05) is 67.1 Å². The maximum atomic E-state index is 12.8. The summed E-state index contributed by atoms with van der Waals surface area (Å²) in [4.78, 5) is 12.8. The molecule has 1 amide bonds. The molecule has 168 valence electrons. The summed E-state index contributed by atoms with van der Waals surface area (Å²) >= 11 is 12.1. The van der Waals surface area contributed by atoms with Crippen molar-refractivity contribution in [1.29, 1.82) is 0 Å². The highest BCUT2D eigenvalue weighted by atomic mass is 35.5. The summed E-state index contributed by atoms with van der Waals surface area (Å²) in [6.07, 6.45) is 0. The third-order valence-corrected chi connectivity index (χ3v) is 5.73. The summed E-state index contributed by atoms with van der Waals surface area (Å²) in [5, 5.41) is 8.90. The first-order chi connectivity index (χ1) is 15.9. The van der Waals surface area contributed by atoms with Gasteiger partial charge in [0.1, 0.15) is 12.4 Å². The first-order valence-corrected chi connectivity index (χ1v) is 11.2. The number of amides is 1. The SMILES string of the molecule is Cc1nn(Cc2cccc(Cl)c2)c(C)c1NC(=O)c1ccc(COc2cccc(Cl)c2)cc1. The largest absolute Gasteiger partial charge is 0.489 e. The van der Waals surface area contributed by atoms with E-state index in [0.717, 1.165) is 28.2 Å². The van der Waals surface area contributed by atoms with Gasteiger partial charge < -0.3 is 10.1 Å². The Morgan fingerprint density at radius 3 is 2.33 bits per heavy atom. The van der Waals surface area contributed by atoms with Crippen LogP contribution in [-0.4, -0.2) is 15.7 Å². The number of carbonyl (C=O) groups excluding carboxylic acids is 1. The van der Waals surface area contributed by atoms with Crippen molar-refractivity contribution in [3.05, 3.63) is 111 Å². The fourth-order valence-corrected chi connectivity index (χ4v) is 3.89. The molecule has 0 atom stereocenters. The highest BCUT2D eigenvalue weighted by Gasteiger charge is 2.16. The number of rotatable bonds is 7. The highest BCUT2D eigenvalue weighted by Crippen LogP contribution is 2.23. The molecule has 0 aliphatic rings. The standard InChI is InChI=1S/C26H23Cl2N3O2/c1-17-25(18(2)31(30-17)15-20-5-3-6-22(27)13-20)29-26(32)21-11-9-19(10-12-21)16-33-24-8-4-7-23(28)14-24/h3-14H,15-16H2,1-2H3,(H,29,32).